The molecule has 0 aliphatic heterocycles. The minimum absolute atomic E-state index is 0.0481. The standard InChI is InChI=1S/C18H13ClFNO3/c1-9-5-10(19)6-12-13(18(22)23)8-15(21-17(9)12)14-7-11(20)3-4-16(14)24-2/h3-8H,1-2H3,(H,22,23). The fraction of sp³-hybridized carbons (Fsp3) is 0.111. The molecule has 0 radical (unpaired) electrons. The largest absolute Gasteiger partial charge is 0.496 e. The van der Waals surface area contributed by atoms with Crippen molar-refractivity contribution in [3.63, 3.8) is 0 Å². The molecular weight excluding hydrogens is 333 g/mol. The van der Waals surface area contributed by atoms with Gasteiger partial charge in [0.2, 0.25) is 0 Å². The Kier molecular flexibility index (Phi) is 4.11. The summed E-state index contributed by atoms with van der Waals surface area (Å²) in [5, 5.41) is 10.4. The minimum atomic E-state index is -1.11. The Bertz CT molecular complexity index is 972. The van der Waals surface area contributed by atoms with E-state index in [1.807, 2.05) is 0 Å². The normalized spacial score (nSPS) is 10.8. The van der Waals surface area contributed by atoms with Crippen molar-refractivity contribution in [2.45, 2.75) is 6.92 Å². The summed E-state index contributed by atoms with van der Waals surface area (Å²) in [4.78, 5) is 16.2. The van der Waals surface area contributed by atoms with Crippen molar-refractivity contribution in [2.24, 2.45) is 0 Å². The lowest BCUT2D eigenvalue weighted by atomic mass is 10.0. The van der Waals surface area contributed by atoms with Gasteiger partial charge in [-0.3, -0.25) is 0 Å². The van der Waals surface area contributed by atoms with E-state index in [9.17, 15) is 14.3 Å². The SMILES string of the molecule is COc1ccc(F)cc1-c1cc(C(=O)O)c2cc(Cl)cc(C)c2n1. The van der Waals surface area contributed by atoms with Crippen molar-refractivity contribution < 1.29 is 19.0 Å². The molecule has 3 aromatic rings. The van der Waals surface area contributed by atoms with Crippen molar-refractivity contribution in [2.75, 3.05) is 7.11 Å². The first-order chi connectivity index (χ1) is 11.4. The number of hydrogen-bond donors (Lipinski definition) is 1. The highest BCUT2D eigenvalue weighted by Crippen LogP contribution is 2.34. The second-order valence-electron chi connectivity index (χ2n) is 5.32. The molecule has 0 amide bonds. The molecule has 0 fully saturated rings. The van der Waals surface area contributed by atoms with Gasteiger partial charge in [0.25, 0.3) is 0 Å². The molecule has 1 N–H and O–H groups in total. The van der Waals surface area contributed by atoms with Gasteiger partial charge in [-0.1, -0.05) is 11.6 Å². The number of halogens is 2. The number of pyridine rings is 1. The number of carboxylic acids is 1. The average Bonchev–Trinajstić information content (AvgIpc) is 2.53. The van der Waals surface area contributed by atoms with Crippen LogP contribution in [0.15, 0.2) is 36.4 Å². The Labute approximate surface area is 142 Å². The molecule has 0 bridgehead atoms. The number of aryl methyl sites for hydroxylation is 1. The highest BCUT2D eigenvalue weighted by atomic mass is 35.5. The molecule has 0 saturated heterocycles. The van der Waals surface area contributed by atoms with E-state index in [0.717, 1.165) is 5.56 Å². The van der Waals surface area contributed by atoms with E-state index in [1.165, 1.54) is 31.4 Å². The van der Waals surface area contributed by atoms with Crippen LogP contribution in [0.25, 0.3) is 22.2 Å². The molecule has 0 saturated carbocycles. The van der Waals surface area contributed by atoms with Crippen molar-refractivity contribution >= 4 is 28.5 Å². The van der Waals surface area contributed by atoms with E-state index in [4.69, 9.17) is 16.3 Å². The van der Waals surface area contributed by atoms with Crippen LogP contribution >= 0.6 is 11.6 Å². The van der Waals surface area contributed by atoms with Crippen LogP contribution in [-0.2, 0) is 0 Å². The Morgan fingerprint density at radius 1 is 1.25 bits per heavy atom. The van der Waals surface area contributed by atoms with E-state index >= 15 is 0 Å². The summed E-state index contributed by atoms with van der Waals surface area (Å²) in [6, 6.07) is 8.68. The lowest BCUT2D eigenvalue weighted by Crippen LogP contribution is -2.02. The zero-order valence-electron chi connectivity index (χ0n) is 12.9. The molecule has 1 aromatic heterocycles. The molecule has 0 unspecified atom stereocenters. The van der Waals surface area contributed by atoms with E-state index in [1.54, 1.807) is 19.1 Å². The van der Waals surface area contributed by atoms with Crippen LogP contribution in [0.1, 0.15) is 15.9 Å². The van der Waals surface area contributed by atoms with Crippen LogP contribution in [0, 0.1) is 12.7 Å². The highest BCUT2D eigenvalue weighted by molar-refractivity contribution is 6.31. The van der Waals surface area contributed by atoms with Gasteiger partial charge in [0.1, 0.15) is 11.6 Å². The Hall–Kier alpha value is -2.66. The van der Waals surface area contributed by atoms with Crippen molar-refractivity contribution in [1.82, 2.24) is 4.98 Å². The van der Waals surface area contributed by atoms with Gasteiger partial charge in [-0.2, -0.15) is 0 Å². The number of ether oxygens (including phenoxy) is 1. The summed E-state index contributed by atoms with van der Waals surface area (Å²) in [6.07, 6.45) is 0. The molecule has 0 atom stereocenters. The molecule has 6 heteroatoms. The maximum Gasteiger partial charge on any atom is 0.336 e. The van der Waals surface area contributed by atoms with Crippen molar-refractivity contribution in [1.29, 1.82) is 0 Å². The number of aromatic carboxylic acids is 1. The van der Waals surface area contributed by atoms with Crippen LogP contribution in [0.4, 0.5) is 4.39 Å². The first-order valence-electron chi connectivity index (χ1n) is 7.09. The monoisotopic (exact) mass is 345 g/mol. The third-order valence-electron chi connectivity index (χ3n) is 3.74. The molecule has 0 spiro atoms. The van der Waals surface area contributed by atoms with E-state index in [2.05, 4.69) is 4.98 Å². The van der Waals surface area contributed by atoms with Crippen molar-refractivity contribution in [3.8, 4) is 17.0 Å². The quantitative estimate of drug-likeness (QED) is 0.746. The fourth-order valence-electron chi connectivity index (χ4n) is 2.65. The minimum Gasteiger partial charge on any atom is -0.496 e. The van der Waals surface area contributed by atoms with Gasteiger partial charge >= 0.3 is 5.97 Å². The summed E-state index contributed by atoms with van der Waals surface area (Å²) in [5.74, 6) is -1.16. The third-order valence-corrected chi connectivity index (χ3v) is 3.95. The van der Waals surface area contributed by atoms with Gasteiger partial charge in [0.15, 0.2) is 0 Å². The molecule has 1 heterocycles. The van der Waals surface area contributed by atoms with Gasteiger partial charge in [-0.15, -0.1) is 0 Å². The molecule has 122 valence electrons. The summed E-state index contributed by atoms with van der Waals surface area (Å²) < 4.78 is 18.9. The molecular formula is C18H13ClFNO3. The second kappa shape index (κ2) is 6.09. The number of fused-ring (bicyclic) bond motifs is 1. The third kappa shape index (κ3) is 2.78. The lowest BCUT2D eigenvalue weighted by Gasteiger charge is -2.12. The number of carboxylic acid groups (broad SMARTS) is 1. The zero-order chi connectivity index (χ0) is 17.4. The van der Waals surface area contributed by atoms with Crippen LogP contribution in [0.3, 0.4) is 0 Å². The van der Waals surface area contributed by atoms with Gasteiger partial charge in [-0.05, 0) is 48.9 Å². The Morgan fingerprint density at radius 3 is 2.67 bits per heavy atom. The van der Waals surface area contributed by atoms with Crippen LogP contribution in [0.5, 0.6) is 5.75 Å². The Morgan fingerprint density at radius 2 is 2.00 bits per heavy atom. The summed E-state index contributed by atoms with van der Waals surface area (Å²) in [5.41, 5.74) is 1.99. The highest BCUT2D eigenvalue weighted by Gasteiger charge is 2.17. The number of aromatic nitrogens is 1. The van der Waals surface area contributed by atoms with Crippen LogP contribution < -0.4 is 4.74 Å². The molecule has 0 aliphatic carbocycles. The van der Waals surface area contributed by atoms with E-state index < -0.39 is 11.8 Å². The van der Waals surface area contributed by atoms with Crippen LogP contribution in [0.2, 0.25) is 5.02 Å². The summed E-state index contributed by atoms with van der Waals surface area (Å²) >= 11 is 6.04. The van der Waals surface area contributed by atoms with E-state index in [-0.39, 0.29) is 5.56 Å². The maximum atomic E-state index is 13.7. The zero-order valence-corrected chi connectivity index (χ0v) is 13.7. The second-order valence-corrected chi connectivity index (χ2v) is 5.76. The predicted octanol–water partition coefficient (Wildman–Crippen LogP) is 4.71. The Balaban J connectivity index is 2.39. The number of nitrogens with zero attached hydrogens (tertiary/aromatic N) is 1. The molecule has 3 rings (SSSR count). The van der Waals surface area contributed by atoms with Gasteiger partial charge in [0, 0.05) is 16.0 Å². The topological polar surface area (TPSA) is 59.4 Å². The lowest BCUT2D eigenvalue weighted by molar-refractivity contribution is 0.0699. The summed E-state index contributed by atoms with van der Waals surface area (Å²) in [6.45, 7) is 1.79. The number of carbonyl (C=O) groups is 1. The van der Waals surface area contributed by atoms with Crippen LogP contribution in [-0.4, -0.2) is 23.2 Å². The number of benzene rings is 2. The first-order valence-corrected chi connectivity index (χ1v) is 7.46. The smallest absolute Gasteiger partial charge is 0.336 e. The first kappa shape index (κ1) is 16.2. The summed E-state index contributed by atoms with van der Waals surface area (Å²) in [7, 11) is 1.46. The van der Waals surface area contributed by atoms with Gasteiger partial charge < -0.3 is 9.84 Å². The fourth-order valence-corrected chi connectivity index (χ4v) is 2.92. The van der Waals surface area contributed by atoms with E-state index in [0.29, 0.717) is 32.9 Å². The van der Waals surface area contributed by atoms with Crippen molar-refractivity contribution in [3.05, 3.63) is 58.4 Å². The number of rotatable bonds is 3. The predicted molar refractivity (Wildman–Crippen MR) is 90.4 cm³/mol. The van der Waals surface area contributed by atoms with Gasteiger partial charge in [-0.25, -0.2) is 14.2 Å². The molecule has 24 heavy (non-hydrogen) atoms. The molecule has 4 nitrogen and oxygen atoms in total. The number of methoxy groups -OCH3 is 1. The molecule has 2 aromatic carbocycles. The molecule has 0 aliphatic rings. The van der Waals surface area contributed by atoms with Gasteiger partial charge in [0.05, 0.1) is 23.9 Å². The average molecular weight is 346 g/mol. The number of hydrogen-bond acceptors (Lipinski definition) is 3. The maximum absolute atomic E-state index is 13.7.